The topological polar surface area (TPSA) is 202 Å². The van der Waals surface area contributed by atoms with Crippen LogP contribution in [-0.2, 0) is 57.1 Å². The highest BCUT2D eigenvalue weighted by Crippen LogP contribution is 2.45. The number of methoxy groups -OCH3 is 2. The number of carbonyl (C=O) groups excluding carboxylic acids is 4. The molecule has 6 aliphatic heterocycles. The van der Waals surface area contributed by atoms with E-state index in [-0.39, 0.29) is 86.9 Å². The number of ether oxygens (including phenoxy) is 8. The minimum absolute atomic E-state index is 0.00828. The Labute approximate surface area is 512 Å². The van der Waals surface area contributed by atoms with E-state index < -0.39 is 100 Å². The Morgan fingerprint density at radius 3 is 1.66 bits per heavy atom. The van der Waals surface area contributed by atoms with Gasteiger partial charge in [0.15, 0.2) is 24.1 Å². The predicted octanol–water partition coefficient (Wildman–Crippen LogP) is 5.46. The summed E-state index contributed by atoms with van der Waals surface area (Å²) in [5.74, 6) is -4.11. The Balaban J connectivity index is 1.55. The molecule has 20 heteroatoms. The van der Waals surface area contributed by atoms with Gasteiger partial charge in [-0.1, -0.05) is 41.5 Å². The summed E-state index contributed by atoms with van der Waals surface area (Å²) in [5, 5.41) is 24.1. The molecule has 20 atom stereocenters. The molecule has 0 aromatic heterocycles. The number of hydrogen-bond acceptors (Lipinski definition) is 20. The van der Waals surface area contributed by atoms with Gasteiger partial charge in [0.25, 0.3) is 0 Å². The van der Waals surface area contributed by atoms with Gasteiger partial charge in [0.1, 0.15) is 36.3 Å². The SMILES string of the molecule is CCCN1C[C@H](C)C[C@@](C)(OC)[C@H](O[C@@H]2O[C@H](C)C[C@H](N(C)C)[C@H]2O)[C@@H](C)C(=O)C(C)(C[C@H]2CN(C)[C@H]([C@@H]3CCCN3C)COC(=O)C(C)(C)C(=O)[C@H](C)[C@@H](O[C@@H]3O[C@H](C)C[C@H](N(C)C)[C@H]3O)[C@](C)(OC)C2)C(=O)OC[C@H]1C1CN(CC(C)C)C1. The maximum absolute atomic E-state index is 16.6. The smallest absolute Gasteiger partial charge is 0.319 e. The van der Waals surface area contributed by atoms with Crippen LogP contribution < -0.4 is 0 Å². The summed E-state index contributed by atoms with van der Waals surface area (Å²) < 4.78 is 53.5. The lowest BCUT2D eigenvalue weighted by molar-refractivity contribution is -0.296. The molecule has 492 valence electrons. The maximum atomic E-state index is 16.6. The molecule has 0 radical (unpaired) electrons. The molecule has 0 amide bonds. The third kappa shape index (κ3) is 16.4. The van der Waals surface area contributed by atoms with Gasteiger partial charge < -0.3 is 67.7 Å². The molecule has 0 aromatic carbocycles. The second kappa shape index (κ2) is 29.8. The number of likely N-dealkylation sites (N-methyl/N-ethyl adjacent to an activating group) is 4. The first-order valence-corrected chi connectivity index (χ1v) is 32.4. The predicted molar refractivity (Wildman–Crippen MR) is 327 cm³/mol. The van der Waals surface area contributed by atoms with Gasteiger partial charge in [-0.2, -0.15) is 0 Å². The van der Waals surface area contributed by atoms with Crippen molar-refractivity contribution in [2.75, 3.05) is 116 Å². The van der Waals surface area contributed by atoms with E-state index in [1.54, 1.807) is 48.8 Å². The molecule has 6 fully saturated rings. The van der Waals surface area contributed by atoms with Gasteiger partial charge in [-0.25, -0.2) is 0 Å². The van der Waals surface area contributed by atoms with E-state index in [2.05, 4.69) is 54.3 Å². The van der Waals surface area contributed by atoms with Crippen LogP contribution in [-0.4, -0.2) is 269 Å². The lowest BCUT2D eigenvalue weighted by Gasteiger charge is -2.48. The Hall–Kier alpha value is -2.28. The fourth-order valence-corrected chi connectivity index (χ4v) is 15.9. The van der Waals surface area contributed by atoms with E-state index >= 15 is 14.4 Å². The molecule has 6 heterocycles. The van der Waals surface area contributed by atoms with Gasteiger partial charge >= 0.3 is 11.9 Å². The second-order valence-corrected chi connectivity index (χ2v) is 29.5. The van der Waals surface area contributed by atoms with Gasteiger partial charge in [-0.05, 0) is 173 Å². The van der Waals surface area contributed by atoms with Crippen LogP contribution in [0.25, 0.3) is 0 Å². The summed E-state index contributed by atoms with van der Waals surface area (Å²) in [5.41, 5.74) is -6.02. The summed E-state index contributed by atoms with van der Waals surface area (Å²) >= 11 is 0. The van der Waals surface area contributed by atoms with Gasteiger partial charge in [0.2, 0.25) is 0 Å². The van der Waals surface area contributed by atoms with Crippen LogP contribution >= 0.6 is 0 Å². The van der Waals surface area contributed by atoms with Crippen molar-refractivity contribution < 1.29 is 67.3 Å². The average molecular weight is 1210 g/mol. The lowest BCUT2D eigenvalue weighted by atomic mass is 9.67. The Kier molecular flexibility index (Phi) is 25.2. The normalized spacial score (nSPS) is 42.0. The molecule has 6 rings (SSSR count). The minimum Gasteiger partial charge on any atom is -0.463 e. The standard InChI is InChI=1S/C65H118N6O14/c1-22-25-71-33-40(4)29-64(12,78-20)57(85-59-53(73)49(67(16)17)28-42(6)83-59)44(8)55(75)63(11,61(77)81-37-50(71)46-35-70(36-46)32-39(2)3)30-45-31-65(13,79-21)56(84-58-52(72)48(66(14)15)27-41(5)82-58)43(7)54(74)62(9,10)60(76)80-38-51(69(19)34-45)47-24-23-26-68(47)18/h39-53,56-59,72-73H,22-38H2,1-21H3/t40-,41-,42-,43+,44+,45-,47+,48+,49+,50+,51+,52-,53-,56-,57-,58+,59+,63?,64-,65-/m1/s1. The molecular formula is C65H118N6O14. The van der Waals surface area contributed by atoms with Crippen LogP contribution in [0.4, 0.5) is 0 Å². The number of likely N-dealkylation sites (tertiary alicyclic amines) is 2. The van der Waals surface area contributed by atoms with Crippen molar-refractivity contribution in [2.45, 2.75) is 232 Å². The number of nitrogens with zero attached hydrogens (tertiary/aromatic N) is 6. The summed E-state index contributed by atoms with van der Waals surface area (Å²) in [4.78, 5) is 75.8. The number of rotatable bonds is 16. The number of aliphatic hydroxyl groups excluding tert-OH is 2. The molecule has 1 unspecified atom stereocenters. The van der Waals surface area contributed by atoms with E-state index in [9.17, 15) is 15.0 Å². The highest BCUT2D eigenvalue weighted by molar-refractivity contribution is 6.05. The van der Waals surface area contributed by atoms with Crippen LogP contribution in [0.2, 0.25) is 0 Å². The van der Waals surface area contributed by atoms with E-state index in [1.807, 2.05) is 72.7 Å². The number of aliphatic hydroxyl groups is 2. The van der Waals surface area contributed by atoms with Crippen molar-refractivity contribution in [3.63, 3.8) is 0 Å². The summed E-state index contributed by atoms with van der Waals surface area (Å²) in [7, 11) is 14.9. The quantitative estimate of drug-likeness (QED) is 0.146. The van der Waals surface area contributed by atoms with E-state index in [0.717, 1.165) is 52.0 Å². The van der Waals surface area contributed by atoms with Crippen molar-refractivity contribution in [1.29, 1.82) is 0 Å². The first-order chi connectivity index (χ1) is 39.7. The van der Waals surface area contributed by atoms with Gasteiger partial charge in [-0.3, -0.25) is 29.0 Å². The first kappa shape index (κ1) is 71.8. The third-order valence-electron chi connectivity index (χ3n) is 20.8. The monoisotopic (exact) mass is 1210 g/mol. The molecule has 0 spiro atoms. The van der Waals surface area contributed by atoms with Crippen LogP contribution in [0, 0.1) is 46.3 Å². The Morgan fingerprint density at radius 2 is 1.18 bits per heavy atom. The second-order valence-electron chi connectivity index (χ2n) is 29.5. The molecule has 6 saturated heterocycles. The molecule has 20 nitrogen and oxygen atoms in total. The fourth-order valence-electron chi connectivity index (χ4n) is 15.9. The van der Waals surface area contributed by atoms with Gasteiger partial charge in [0.05, 0.1) is 41.7 Å². The fraction of sp³-hybridized carbons (Fsp3) is 0.938. The van der Waals surface area contributed by atoms with Crippen molar-refractivity contribution >= 4 is 23.5 Å². The number of hydrogen-bond donors (Lipinski definition) is 2. The van der Waals surface area contributed by atoms with Crippen LogP contribution in [0.1, 0.15) is 141 Å². The number of esters is 2. The van der Waals surface area contributed by atoms with Crippen LogP contribution in [0.3, 0.4) is 0 Å². The molecule has 0 aromatic rings. The van der Waals surface area contributed by atoms with Crippen LogP contribution in [0.5, 0.6) is 0 Å². The zero-order chi connectivity index (χ0) is 63.4. The molecule has 0 aliphatic carbocycles. The van der Waals surface area contributed by atoms with Crippen molar-refractivity contribution in [1.82, 2.24) is 29.4 Å². The Bertz CT molecular complexity index is 2190. The lowest BCUT2D eigenvalue weighted by Crippen LogP contribution is -2.60. The van der Waals surface area contributed by atoms with E-state index in [1.165, 1.54) is 0 Å². The molecular weight excluding hydrogens is 1090 g/mol. The number of carbonyl (C=O) groups is 4. The van der Waals surface area contributed by atoms with Gasteiger partial charge in [-0.15, -0.1) is 0 Å². The molecule has 0 saturated carbocycles. The molecule has 85 heavy (non-hydrogen) atoms. The van der Waals surface area contributed by atoms with Crippen molar-refractivity contribution in [2.24, 2.45) is 46.3 Å². The average Bonchev–Trinajstić information content (AvgIpc) is 2.24. The highest BCUT2D eigenvalue weighted by Gasteiger charge is 2.57. The molecule has 0 bridgehead atoms. The first-order valence-electron chi connectivity index (χ1n) is 32.4. The zero-order valence-electron chi connectivity index (χ0n) is 56.5. The Morgan fingerprint density at radius 1 is 0.671 bits per heavy atom. The highest BCUT2D eigenvalue weighted by atomic mass is 16.7. The third-order valence-corrected chi connectivity index (χ3v) is 20.8. The van der Waals surface area contributed by atoms with E-state index in [0.29, 0.717) is 31.7 Å². The van der Waals surface area contributed by atoms with E-state index in [4.69, 9.17) is 37.9 Å². The summed E-state index contributed by atoms with van der Waals surface area (Å²) in [6, 6.07) is -1.17. The number of cyclic esters (lactones) is 2. The molecule has 2 N–H and O–H groups in total. The van der Waals surface area contributed by atoms with Crippen molar-refractivity contribution in [3.05, 3.63) is 0 Å². The van der Waals surface area contributed by atoms with Crippen molar-refractivity contribution in [3.8, 4) is 0 Å². The number of Topliss-reactive ketones (excluding diaryl/α,β-unsaturated/α-hetero) is 2. The number of ketones is 2. The summed E-state index contributed by atoms with van der Waals surface area (Å²) in [6.07, 6.45) is -2.99. The molecule has 6 aliphatic rings. The van der Waals surface area contributed by atoms with Crippen LogP contribution in [0.15, 0.2) is 0 Å². The largest absolute Gasteiger partial charge is 0.463 e. The zero-order valence-corrected chi connectivity index (χ0v) is 56.5. The summed E-state index contributed by atoms with van der Waals surface area (Å²) in [6.45, 7) is 30.3. The maximum Gasteiger partial charge on any atom is 0.319 e. The minimum atomic E-state index is -1.86. The van der Waals surface area contributed by atoms with Gasteiger partial charge in [0, 0.05) is 88.9 Å².